The standard InChI is InChI=1S/C22H18F2N4O2/c1-13-5-7-14(8-6-13)25-22(29)26-21-16-10-9-15(11-20(16)27-28-21)30-12-17-18(23)3-2-4-19(17)24/h2-11H,12H2,1H3,(H3,25,26,27,28,29). The SMILES string of the molecule is Cc1ccc(NC(=O)Nc2n[nH]c3cc(OCc4c(F)cccc4F)ccc23)cc1. The number of hydrogen-bond acceptors (Lipinski definition) is 3. The first kappa shape index (κ1) is 19.4. The number of amides is 2. The fraction of sp³-hybridized carbons (Fsp3) is 0.0909. The van der Waals surface area contributed by atoms with Gasteiger partial charge >= 0.3 is 6.03 Å². The number of nitrogens with zero attached hydrogens (tertiary/aromatic N) is 1. The predicted octanol–water partition coefficient (Wildman–Crippen LogP) is 5.37. The highest BCUT2D eigenvalue weighted by Gasteiger charge is 2.12. The maximum absolute atomic E-state index is 13.7. The molecule has 0 saturated heterocycles. The molecule has 2 amide bonds. The summed E-state index contributed by atoms with van der Waals surface area (Å²) in [6, 6.07) is 15.6. The lowest BCUT2D eigenvalue weighted by Gasteiger charge is -2.08. The van der Waals surface area contributed by atoms with Gasteiger partial charge in [0.25, 0.3) is 0 Å². The maximum Gasteiger partial charge on any atom is 0.324 e. The van der Waals surface area contributed by atoms with Crippen molar-refractivity contribution < 1.29 is 18.3 Å². The van der Waals surface area contributed by atoms with Crippen molar-refractivity contribution in [1.82, 2.24) is 10.2 Å². The van der Waals surface area contributed by atoms with E-state index in [0.29, 0.717) is 28.2 Å². The van der Waals surface area contributed by atoms with Crippen LogP contribution in [0.2, 0.25) is 0 Å². The first-order valence-corrected chi connectivity index (χ1v) is 9.18. The largest absolute Gasteiger partial charge is 0.489 e. The Morgan fingerprint density at radius 1 is 1.03 bits per heavy atom. The molecular formula is C22H18F2N4O2. The second-order valence-corrected chi connectivity index (χ2v) is 6.71. The second-order valence-electron chi connectivity index (χ2n) is 6.71. The summed E-state index contributed by atoms with van der Waals surface area (Å²) in [7, 11) is 0. The molecule has 6 nitrogen and oxygen atoms in total. The molecule has 0 spiro atoms. The number of aryl methyl sites for hydroxylation is 1. The van der Waals surface area contributed by atoms with Gasteiger partial charge in [0.1, 0.15) is 24.0 Å². The Bertz CT molecular complexity index is 1190. The molecule has 0 saturated carbocycles. The van der Waals surface area contributed by atoms with Crippen molar-refractivity contribution in [1.29, 1.82) is 0 Å². The molecule has 0 radical (unpaired) electrons. The van der Waals surface area contributed by atoms with Crippen molar-refractivity contribution in [2.24, 2.45) is 0 Å². The zero-order chi connectivity index (χ0) is 21.1. The van der Waals surface area contributed by atoms with Gasteiger partial charge in [-0.15, -0.1) is 0 Å². The fourth-order valence-electron chi connectivity index (χ4n) is 2.92. The molecule has 0 aliphatic rings. The van der Waals surface area contributed by atoms with Crippen LogP contribution in [0.15, 0.2) is 60.7 Å². The van der Waals surface area contributed by atoms with Crippen LogP contribution in [0, 0.1) is 18.6 Å². The quantitative estimate of drug-likeness (QED) is 0.415. The van der Waals surface area contributed by atoms with E-state index >= 15 is 0 Å². The van der Waals surface area contributed by atoms with Crippen molar-refractivity contribution >= 4 is 28.4 Å². The zero-order valence-corrected chi connectivity index (χ0v) is 16.0. The summed E-state index contributed by atoms with van der Waals surface area (Å²) < 4.78 is 33.0. The van der Waals surface area contributed by atoms with Crippen LogP contribution in [-0.4, -0.2) is 16.2 Å². The Balaban J connectivity index is 1.44. The lowest BCUT2D eigenvalue weighted by Crippen LogP contribution is -2.19. The van der Waals surface area contributed by atoms with Gasteiger partial charge in [-0.05, 0) is 43.3 Å². The van der Waals surface area contributed by atoms with E-state index < -0.39 is 17.7 Å². The average molecular weight is 408 g/mol. The first-order valence-electron chi connectivity index (χ1n) is 9.18. The lowest BCUT2D eigenvalue weighted by atomic mass is 10.2. The molecule has 3 N–H and O–H groups in total. The van der Waals surface area contributed by atoms with E-state index in [9.17, 15) is 13.6 Å². The van der Waals surface area contributed by atoms with Crippen LogP contribution >= 0.6 is 0 Å². The van der Waals surface area contributed by atoms with Gasteiger partial charge in [-0.2, -0.15) is 5.10 Å². The van der Waals surface area contributed by atoms with Crippen LogP contribution < -0.4 is 15.4 Å². The summed E-state index contributed by atoms with van der Waals surface area (Å²) in [4.78, 5) is 12.2. The summed E-state index contributed by atoms with van der Waals surface area (Å²) in [6.45, 7) is 1.72. The zero-order valence-electron chi connectivity index (χ0n) is 16.0. The van der Waals surface area contributed by atoms with E-state index in [4.69, 9.17) is 4.74 Å². The van der Waals surface area contributed by atoms with E-state index in [0.717, 1.165) is 5.56 Å². The van der Waals surface area contributed by atoms with E-state index in [1.54, 1.807) is 30.3 Å². The van der Waals surface area contributed by atoms with Crippen molar-refractivity contribution in [3.63, 3.8) is 0 Å². The highest BCUT2D eigenvalue weighted by Crippen LogP contribution is 2.26. The Morgan fingerprint density at radius 3 is 2.50 bits per heavy atom. The fourth-order valence-corrected chi connectivity index (χ4v) is 2.92. The van der Waals surface area contributed by atoms with Gasteiger partial charge in [-0.1, -0.05) is 23.8 Å². The number of halogens is 2. The summed E-state index contributed by atoms with van der Waals surface area (Å²) in [5.41, 5.74) is 2.22. The molecule has 0 aliphatic heterocycles. The lowest BCUT2D eigenvalue weighted by molar-refractivity contribution is 0.262. The van der Waals surface area contributed by atoms with Crippen LogP contribution in [0.4, 0.5) is 25.1 Å². The number of carbonyl (C=O) groups is 1. The molecule has 0 aliphatic carbocycles. The van der Waals surface area contributed by atoms with E-state index in [2.05, 4.69) is 20.8 Å². The number of aromatic nitrogens is 2. The molecule has 1 heterocycles. The van der Waals surface area contributed by atoms with Crippen LogP contribution in [0.3, 0.4) is 0 Å². The van der Waals surface area contributed by atoms with Crippen LogP contribution in [0.5, 0.6) is 5.75 Å². The maximum atomic E-state index is 13.7. The number of carbonyl (C=O) groups excluding carboxylic acids is 1. The Labute approximate surface area is 170 Å². The number of anilines is 2. The minimum absolute atomic E-state index is 0.141. The van der Waals surface area contributed by atoms with Crippen molar-refractivity contribution in [2.45, 2.75) is 13.5 Å². The summed E-state index contributed by atoms with van der Waals surface area (Å²) in [5.74, 6) is -0.571. The number of urea groups is 1. The molecule has 1 aromatic heterocycles. The van der Waals surface area contributed by atoms with Crippen molar-refractivity contribution in [2.75, 3.05) is 10.6 Å². The summed E-state index contributed by atoms with van der Waals surface area (Å²) in [6.07, 6.45) is 0. The third-order valence-electron chi connectivity index (χ3n) is 4.52. The number of benzene rings is 3. The van der Waals surface area contributed by atoms with Crippen molar-refractivity contribution in [3.8, 4) is 5.75 Å². The first-order chi connectivity index (χ1) is 14.5. The number of nitrogens with one attached hydrogen (secondary N) is 3. The minimum Gasteiger partial charge on any atom is -0.489 e. The van der Waals surface area contributed by atoms with Crippen LogP contribution in [0.1, 0.15) is 11.1 Å². The monoisotopic (exact) mass is 408 g/mol. The Hall–Kier alpha value is -3.94. The van der Waals surface area contributed by atoms with E-state index in [1.807, 2.05) is 19.1 Å². The van der Waals surface area contributed by atoms with Gasteiger partial charge < -0.3 is 10.1 Å². The third kappa shape index (κ3) is 4.22. The van der Waals surface area contributed by atoms with Crippen molar-refractivity contribution in [3.05, 3.63) is 83.4 Å². The Kier molecular flexibility index (Phi) is 5.30. The van der Waals surface area contributed by atoms with Gasteiger partial charge in [0, 0.05) is 17.1 Å². The Morgan fingerprint density at radius 2 is 1.77 bits per heavy atom. The second kappa shape index (κ2) is 8.20. The average Bonchev–Trinajstić information content (AvgIpc) is 3.11. The smallest absolute Gasteiger partial charge is 0.324 e. The molecule has 152 valence electrons. The molecule has 30 heavy (non-hydrogen) atoms. The van der Waals surface area contributed by atoms with Gasteiger partial charge in [0.05, 0.1) is 11.1 Å². The molecule has 0 fully saturated rings. The summed E-state index contributed by atoms with van der Waals surface area (Å²) in [5, 5.41) is 13.0. The van der Waals surface area contributed by atoms with Crippen LogP contribution in [-0.2, 0) is 6.61 Å². The number of ether oxygens (including phenoxy) is 1. The van der Waals surface area contributed by atoms with Gasteiger partial charge in [-0.3, -0.25) is 10.4 Å². The van der Waals surface area contributed by atoms with Gasteiger partial charge in [0.2, 0.25) is 0 Å². The van der Waals surface area contributed by atoms with E-state index in [-0.39, 0.29) is 12.2 Å². The highest BCUT2D eigenvalue weighted by molar-refractivity contribution is 6.04. The number of hydrogen-bond donors (Lipinski definition) is 3. The van der Waals surface area contributed by atoms with E-state index in [1.165, 1.54) is 18.2 Å². The molecule has 3 aromatic carbocycles. The normalized spacial score (nSPS) is 10.8. The molecule has 4 rings (SSSR count). The van der Waals surface area contributed by atoms with Gasteiger partial charge in [-0.25, -0.2) is 13.6 Å². The molecular weight excluding hydrogens is 390 g/mol. The highest BCUT2D eigenvalue weighted by atomic mass is 19.1. The van der Waals surface area contributed by atoms with Crippen LogP contribution in [0.25, 0.3) is 10.9 Å². The predicted molar refractivity (Wildman–Crippen MR) is 111 cm³/mol. The third-order valence-corrected chi connectivity index (χ3v) is 4.52. The molecule has 0 atom stereocenters. The number of rotatable bonds is 5. The van der Waals surface area contributed by atoms with Gasteiger partial charge in [0.15, 0.2) is 5.82 Å². The number of H-pyrrole nitrogens is 1. The summed E-state index contributed by atoms with van der Waals surface area (Å²) >= 11 is 0. The number of fused-ring (bicyclic) bond motifs is 1. The minimum atomic E-state index is -0.663. The molecule has 0 bridgehead atoms. The molecule has 0 unspecified atom stereocenters. The topological polar surface area (TPSA) is 79.0 Å². The molecule has 8 heteroatoms. The number of aromatic amines is 1. The molecule has 4 aromatic rings.